The topological polar surface area (TPSA) is 72.2 Å². The molecule has 4 nitrogen and oxygen atoms in total. The van der Waals surface area contributed by atoms with Gasteiger partial charge >= 0.3 is 0 Å². The van der Waals surface area contributed by atoms with Gasteiger partial charge in [0.1, 0.15) is 10.7 Å². The molecular formula is C15H25FN2O2S. The lowest BCUT2D eigenvalue weighted by molar-refractivity contribution is 0.320. The second-order valence-electron chi connectivity index (χ2n) is 6.10. The van der Waals surface area contributed by atoms with Crippen LogP contribution < -0.4 is 10.5 Å². The lowest BCUT2D eigenvalue weighted by Crippen LogP contribution is -2.34. The predicted octanol–water partition coefficient (Wildman–Crippen LogP) is 3.29. The van der Waals surface area contributed by atoms with Crippen LogP contribution in [0, 0.1) is 11.2 Å². The molecule has 1 aromatic rings. The Labute approximate surface area is 127 Å². The van der Waals surface area contributed by atoms with Crippen molar-refractivity contribution in [1.29, 1.82) is 0 Å². The van der Waals surface area contributed by atoms with Gasteiger partial charge in [0.15, 0.2) is 0 Å². The zero-order valence-corrected chi connectivity index (χ0v) is 13.8. The molecule has 21 heavy (non-hydrogen) atoms. The van der Waals surface area contributed by atoms with Crippen molar-refractivity contribution in [2.24, 2.45) is 5.41 Å². The molecule has 0 radical (unpaired) electrons. The average molecular weight is 316 g/mol. The Morgan fingerprint density at radius 2 is 1.95 bits per heavy atom. The SMILES string of the molecule is CCCCCC(C)(C)CNS(=O)(=O)c1cccc(F)c1N. The number of rotatable bonds is 8. The molecule has 0 fully saturated rings. The Morgan fingerprint density at radius 3 is 2.57 bits per heavy atom. The zero-order valence-electron chi connectivity index (χ0n) is 12.9. The quantitative estimate of drug-likeness (QED) is 0.571. The minimum atomic E-state index is -3.79. The van der Waals surface area contributed by atoms with Gasteiger partial charge in [0.2, 0.25) is 10.0 Å². The number of para-hydroxylation sites is 1. The van der Waals surface area contributed by atoms with Gasteiger partial charge in [-0.25, -0.2) is 17.5 Å². The first-order valence-corrected chi connectivity index (χ1v) is 8.71. The molecule has 1 aromatic carbocycles. The number of benzene rings is 1. The Hall–Kier alpha value is -1.14. The van der Waals surface area contributed by atoms with Gasteiger partial charge in [-0.1, -0.05) is 46.1 Å². The molecule has 0 bridgehead atoms. The smallest absolute Gasteiger partial charge is 0.242 e. The van der Waals surface area contributed by atoms with Crippen molar-refractivity contribution in [1.82, 2.24) is 4.72 Å². The van der Waals surface area contributed by atoms with Gasteiger partial charge in [0, 0.05) is 6.54 Å². The van der Waals surface area contributed by atoms with Crippen molar-refractivity contribution >= 4 is 15.7 Å². The van der Waals surface area contributed by atoms with E-state index < -0.39 is 15.8 Å². The lowest BCUT2D eigenvalue weighted by atomic mass is 9.87. The summed E-state index contributed by atoms with van der Waals surface area (Å²) in [4.78, 5) is -0.202. The number of nitrogens with two attached hydrogens (primary N) is 1. The number of unbranched alkanes of at least 4 members (excludes halogenated alkanes) is 2. The van der Waals surface area contributed by atoms with Crippen LogP contribution >= 0.6 is 0 Å². The van der Waals surface area contributed by atoms with Gasteiger partial charge < -0.3 is 5.73 Å². The van der Waals surface area contributed by atoms with Gasteiger partial charge in [-0.3, -0.25) is 0 Å². The summed E-state index contributed by atoms with van der Waals surface area (Å²) in [7, 11) is -3.79. The average Bonchev–Trinajstić information content (AvgIpc) is 2.40. The third-order valence-electron chi connectivity index (χ3n) is 3.50. The summed E-state index contributed by atoms with van der Waals surface area (Å²) in [5.41, 5.74) is 5.02. The number of nitrogens with one attached hydrogen (secondary N) is 1. The van der Waals surface area contributed by atoms with Crippen molar-refractivity contribution < 1.29 is 12.8 Å². The highest BCUT2D eigenvalue weighted by molar-refractivity contribution is 7.89. The molecule has 0 aliphatic heterocycles. The maximum atomic E-state index is 13.4. The molecule has 0 aromatic heterocycles. The van der Waals surface area contributed by atoms with Crippen LogP contribution in [-0.2, 0) is 10.0 Å². The molecule has 0 saturated heterocycles. The standard InChI is InChI=1S/C15H25FN2O2S/c1-4-5-6-10-15(2,3)11-18-21(19,20)13-9-7-8-12(16)14(13)17/h7-9,18H,4-6,10-11,17H2,1-3H3. The number of sulfonamides is 1. The monoisotopic (exact) mass is 316 g/mol. The zero-order chi connectivity index (χ0) is 16.1. The van der Waals surface area contributed by atoms with Crippen LogP contribution in [0.4, 0.5) is 10.1 Å². The molecule has 0 atom stereocenters. The minimum Gasteiger partial charge on any atom is -0.395 e. The molecule has 6 heteroatoms. The molecule has 0 saturated carbocycles. The van der Waals surface area contributed by atoms with Crippen molar-refractivity contribution in [3.8, 4) is 0 Å². The van der Waals surface area contributed by atoms with E-state index in [9.17, 15) is 12.8 Å². The van der Waals surface area contributed by atoms with Crippen molar-refractivity contribution in [3.63, 3.8) is 0 Å². The Morgan fingerprint density at radius 1 is 1.29 bits per heavy atom. The normalized spacial score (nSPS) is 12.6. The molecule has 0 amide bonds. The first-order chi connectivity index (χ1) is 9.69. The summed E-state index contributed by atoms with van der Waals surface area (Å²) in [5.74, 6) is -0.722. The number of anilines is 1. The molecule has 0 heterocycles. The van der Waals surface area contributed by atoms with Gasteiger partial charge in [-0.05, 0) is 24.0 Å². The summed E-state index contributed by atoms with van der Waals surface area (Å²) in [5, 5.41) is 0. The highest BCUT2D eigenvalue weighted by Crippen LogP contribution is 2.25. The second kappa shape index (κ2) is 7.22. The van der Waals surface area contributed by atoms with E-state index in [2.05, 4.69) is 11.6 Å². The number of hydrogen-bond acceptors (Lipinski definition) is 3. The van der Waals surface area contributed by atoms with Crippen LogP contribution in [-0.4, -0.2) is 15.0 Å². The number of halogens is 1. The first-order valence-electron chi connectivity index (χ1n) is 7.23. The molecule has 0 aliphatic rings. The molecule has 3 N–H and O–H groups in total. The Balaban J connectivity index is 2.75. The van der Waals surface area contributed by atoms with Crippen LogP contribution in [0.5, 0.6) is 0 Å². The van der Waals surface area contributed by atoms with E-state index in [-0.39, 0.29) is 16.0 Å². The van der Waals surface area contributed by atoms with Gasteiger partial charge in [-0.2, -0.15) is 0 Å². The minimum absolute atomic E-state index is 0.148. The summed E-state index contributed by atoms with van der Waals surface area (Å²) in [6.07, 6.45) is 4.25. The predicted molar refractivity (Wildman–Crippen MR) is 83.9 cm³/mol. The number of nitrogen functional groups attached to an aromatic ring is 1. The van der Waals surface area contributed by atoms with E-state index in [4.69, 9.17) is 5.73 Å². The summed E-state index contributed by atoms with van der Waals surface area (Å²) in [6, 6.07) is 3.79. The third kappa shape index (κ3) is 5.28. The van der Waals surface area contributed by atoms with E-state index in [0.29, 0.717) is 6.54 Å². The van der Waals surface area contributed by atoms with E-state index in [1.54, 1.807) is 0 Å². The van der Waals surface area contributed by atoms with Crippen molar-refractivity contribution in [2.75, 3.05) is 12.3 Å². The van der Waals surface area contributed by atoms with Crippen LogP contribution in [0.15, 0.2) is 23.1 Å². The molecular weight excluding hydrogens is 291 g/mol. The van der Waals surface area contributed by atoms with Crippen LogP contribution in [0.1, 0.15) is 46.5 Å². The summed E-state index contributed by atoms with van der Waals surface area (Å²) >= 11 is 0. The fourth-order valence-corrected chi connectivity index (χ4v) is 3.44. The van der Waals surface area contributed by atoms with Crippen LogP contribution in [0.25, 0.3) is 0 Å². The van der Waals surface area contributed by atoms with Crippen molar-refractivity contribution in [2.45, 2.75) is 51.3 Å². The molecule has 0 unspecified atom stereocenters. The third-order valence-corrected chi connectivity index (χ3v) is 4.96. The van der Waals surface area contributed by atoms with E-state index in [1.807, 2.05) is 13.8 Å². The van der Waals surface area contributed by atoms with E-state index in [0.717, 1.165) is 31.7 Å². The summed E-state index contributed by atoms with van der Waals surface area (Å²) < 4.78 is 40.4. The van der Waals surface area contributed by atoms with Crippen molar-refractivity contribution in [3.05, 3.63) is 24.0 Å². The van der Waals surface area contributed by atoms with Crippen LogP contribution in [0.3, 0.4) is 0 Å². The van der Waals surface area contributed by atoms with E-state index >= 15 is 0 Å². The largest absolute Gasteiger partial charge is 0.395 e. The molecule has 1 rings (SSSR count). The lowest BCUT2D eigenvalue weighted by Gasteiger charge is -2.25. The first kappa shape index (κ1) is 17.9. The second-order valence-corrected chi connectivity index (χ2v) is 7.83. The van der Waals surface area contributed by atoms with Crippen LogP contribution in [0.2, 0.25) is 0 Å². The Kier molecular flexibility index (Phi) is 6.16. The maximum absolute atomic E-state index is 13.4. The molecule has 120 valence electrons. The fourth-order valence-electron chi connectivity index (χ4n) is 2.06. The highest BCUT2D eigenvalue weighted by Gasteiger charge is 2.24. The number of hydrogen-bond donors (Lipinski definition) is 2. The fraction of sp³-hybridized carbons (Fsp3) is 0.600. The maximum Gasteiger partial charge on any atom is 0.242 e. The van der Waals surface area contributed by atoms with E-state index in [1.165, 1.54) is 12.1 Å². The molecule has 0 spiro atoms. The Bertz CT molecular complexity index is 571. The van der Waals surface area contributed by atoms with Gasteiger partial charge in [-0.15, -0.1) is 0 Å². The highest BCUT2D eigenvalue weighted by atomic mass is 32.2. The summed E-state index contributed by atoms with van der Waals surface area (Å²) in [6.45, 7) is 6.46. The van der Waals surface area contributed by atoms with Gasteiger partial charge in [0.25, 0.3) is 0 Å². The van der Waals surface area contributed by atoms with Gasteiger partial charge in [0.05, 0.1) is 5.69 Å². The molecule has 0 aliphatic carbocycles.